The van der Waals surface area contributed by atoms with Crippen LogP contribution >= 0.6 is 35.3 Å². The van der Waals surface area contributed by atoms with E-state index in [-0.39, 0.29) is 18.3 Å². The molecule has 31 heavy (non-hydrogen) atoms. The molecule has 0 unspecified atom stereocenters. The maximum atomic E-state index is 13.4. The van der Waals surface area contributed by atoms with E-state index in [0.29, 0.717) is 39.1 Å². The summed E-state index contributed by atoms with van der Waals surface area (Å²) < 4.78 is 6.21. The van der Waals surface area contributed by atoms with Gasteiger partial charge < -0.3 is 9.64 Å². The summed E-state index contributed by atoms with van der Waals surface area (Å²) in [5, 5.41) is 10.2. The minimum Gasteiger partial charge on any atom is -0.494 e. The molecule has 1 aromatic heterocycles. The van der Waals surface area contributed by atoms with Crippen molar-refractivity contribution in [3.63, 3.8) is 0 Å². The number of amides is 1. The lowest BCUT2D eigenvalue weighted by molar-refractivity contribution is 0.0984. The van der Waals surface area contributed by atoms with Crippen LogP contribution in [0.4, 0.5) is 5.13 Å². The van der Waals surface area contributed by atoms with Crippen molar-refractivity contribution < 1.29 is 9.53 Å². The van der Waals surface area contributed by atoms with E-state index in [4.69, 9.17) is 26.6 Å². The quantitative estimate of drug-likeness (QED) is 0.442. The molecule has 0 bridgehead atoms. The number of ether oxygens (including phenoxy) is 1. The molecule has 3 aromatic rings. The molecular weight excluding hydrogens is 455 g/mol. The summed E-state index contributed by atoms with van der Waals surface area (Å²) in [6.07, 6.45) is 0. The number of carbonyl (C=O) groups excluding carboxylic acids is 1. The fourth-order valence-corrected chi connectivity index (χ4v) is 4.41. The van der Waals surface area contributed by atoms with Gasteiger partial charge in [-0.15, -0.1) is 12.4 Å². The Bertz CT molecular complexity index is 1080. The molecule has 6 nitrogen and oxygen atoms in total. The first-order valence-corrected chi connectivity index (χ1v) is 10.9. The summed E-state index contributed by atoms with van der Waals surface area (Å²) in [5.74, 6) is 0.451. The molecule has 0 atom stereocenters. The molecule has 9 heteroatoms. The molecule has 3 rings (SSSR count). The van der Waals surface area contributed by atoms with E-state index in [2.05, 4.69) is 24.8 Å². The highest BCUT2D eigenvalue weighted by atomic mass is 35.5. The lowest BCUT2D eigenvalue weighted by atomic mass is 10.1. The highest BCUT2D eigenvalue weighted by Crippen LogP contribution is 2.39. The normalized spacial score (nSPS) is 10.6. The van der Waals surface area contributed by atoms with E-state index >= 15 is 0 Å². The van der Waals surface area contributed by atoms with Crippen LogP contribution < -0.4 is 9.64 Å². The largest absolute Gasteiger partial charge is 0.494 e. The van der Waals surface area contributed by atoms with Crippen molar-refractivity contribution in [2.45, 2.75) is 13.8 Å². The van der Waals surface area contributed by atoms with Gasteiger partial charge in [-0.1, -0.05) is 36.8 Å². The van der Waals surface area contributed by atoms with Gasteiger partial charge in [0.05, 0.1) is 28.5 Å². The third-order valence-electron chi connectivity index (χ3n) is 4.94. The number of thiazole rings is 1. The van der Waals surface area contributed by atoms with Crippen LogP contribution in [0, 0.1) is 11.3 Å². The number of likely N-dealkylation sites (N-methyl/N-ethyl adjacent to an activating group) is 1. The summed E-state index contributed by atoms with van der Waals surface area (Å²) in [4.78, 5) is 22.0. The van der Waals surface area contributed by atoms with Gasteiger partial charge in [0.1, 0.15) is 11.3 Å². The maximum Gasteiger partial charge on any atom is 0.260 e. The number of hydrogen-bond acceptors (Lipinski definition) is 6. The average Bonchev–Trinajstić information content (AvgIpc) is 3.23. The van der Waals surface area contributed by atoms with Crippen LogP contribution in [0.2, 0.25) is 5.02 Å². The van der Waals surface area contributed by atoms with Gasteiger partial charge in [-0.3, -0.25) is 9.69 Å². The van der Waals surface area contributed by atoms with E-state index in [1.165, 1.54) is 11.3 Å². The molecule has 2 aromatic carbocycles. The maximum absolute atomic E-state index is 13.4. The fourth-order valence-electron chi connectivity index (χ4n) is 3.13. The summed E-state index contributed by atoms with van der Waals surface area (Å²) in [7, 11) is 1.59. The molecule has 1 amide bonds. The number of fused-ring (bicyclic) bond motifs is 1. The van der Waals surface area contributed by atoms with Crippen LogP contribution in [0.5, 0.6) is 5.75 Å². The second-order valence-electron chi connectivity index (χ2n) is 6.60. The van der Waals surface area contributed by atoms with Crippen LogP contribution in [0.1, 0.15) is 29.8 Å². The average molecular weight is 479 g/mol. The van der Waals surface area contributed by atoms with Crippen LogP contribution in [0.25, 0.3) is 10.2 Å². The molecule has 0 aliphatic carbocycles. The van der Waals surface area contributed by atoms with Crippen molar-refractivity contribution in [3.05, 3.63) is 52.5 Å². The fraction of sp³-hybridized carbons (Fsp3) is 0.318. The van der Waals surface area contributed by atoms with Crippen molar-refractivity contribution in [3.8, 4) is 11.8 Å². The van der Waals surface area contributed by atoms with Gasteiger partial charge in [0.15, 0.2) is 5.13 Å². The van der Waals surface area contributed by atoms with Crippen LogP contribution in [-0.2, 0) is 0 Å². The molecule has 0 aliphatic heterocycles. The number of methoxy groups -OCH3 is 1. The molecule has 0 fully saturated rings. The van der Waals surface area contributed by atoms with Gasteiger partial charge >= 0.3 is 0 Å². The predicted octanol–water partition coefficient (Wildman–Crippen LogP) is 5.24. The number of nitriles is 1. The van der Waals surface area contributed by atoms with Gasteiger partial charge in [0.2, 0.25) is 0 Å². The van der Waals surface area contributed by atoms with E-state index < -0.39 is 0 Å². The first-order chi connectivity index (χ1) is 14.5. The van der Waals surface area contributed by atoms with Crippen molar-refractivity contribution in [2.75, 3.05) is 38.2 Å². The minimum absolute atomic E-state index is 0. The van der Waals surface area contributed by atoms with E-state index in [1.807, 2.05) is 0 Å². The number of rotatable bonds is 8. The van der Waals surface area contributed by atoms with Crippen molar-refractivity contribution in [1.82, 2.24) is 9.88 Å². The molecule has 1 heterocycles. The lowest BCUT2D eigenvalue weighted by Gasteiger charge is -2.24. The van der Waals surface area contributed by atoms with Crippen LogP contribution in [-0.4, -0.2) is 49.1 Å². The Labute approximate surface area is 197 Å². The number of halogens is 2. The molecule has 0 saturated carbocycles. The first kappa shape index (κ1) is 24.9. The highest BCUT2D eigenvalue weighted by molar-refractivity contribution is 7.23. The molecule has 0 aliphatic rings. The van der Waals surface area contributed by atoms with Crippen LogP contribution in [0.3, 0.4) is 0 Å². The SMILES string of the molecule is CCN(CC)CCN(C(=O)c1ccc(C#N)cc1)c1nc2c(OC)ccc(Cl)c2s1.Cl. The Morgan fingerprint density at radius 2 is 1.84 bits per heavy atom. The summed E-state index contributed by atoms with van der Waals surface area (Å²) in [5.41, 5.74) is 1.66. The van der Waals surface area contributed by atoms with Crippen molar-refractivity contribution >= 4 is 56.6 Å². The topological polar surface area (TPSA) is 69.5 Å². The summed E-state index contributed by atoms with van der Waals surface area (Å²) in [6, 6.07) is 12.3. The zero-order valence-electron chi connectivity index (χ0n) is 17.6. The standard InChI is InChI=1S/C22H23ClN4O2S.ClH/c1-4-26(5-2)12-13-27(21(28)16-8-6-15(14-24)7-9-16)22-25-19-18(29-3)11-10-17(23)20(19)30-22;/h6-11H,4-5,12-13H2,1-3H3;1H. The van der Waals surface area contributed by atoms with Gasteiger partial charge in [0.25, 0.3) is 5.91 Å². The molecular formula is C22H24Cl2N4O2S. The Hall–Kier alpha value is -2.37. The minimum atomic E-state index is -0.166. The predicted molar refractivity (Wildman–Crippen MR) is 129 cm³/mol. The summed E-state index contributed by atoms with van der Waals surface area (Å²) in [6.45, 7) is 7.19. The number of anilines is 1. The highest BCUT2D eigenvalue weighted by Gasteiger charge is 2.23. The number of benzene rings is 2. The smallest absolute Gasteiger partial charge is 0.260 e. The third kappa shape index (κ3) is 5.46. The molecule has 0 spiro atoms. The van der Waals surface area contributed by atoms with Gasteiger partial charge in [-0.05, 0) is 49.5 Å². The van der Waals surface area contributed by atoms with E-state index in [9.17, 15) is 4.79 Å². The number of aromatic nitrogens is 1. The Kier molecular flexibility index (Phi) is 9.08. The molecule has 0 saturated heterocycles. The number of nitrogens with zero attached hydrogens (tertiary/aromatic N) is 4. The molecule has 164 valence electrons. The van der Waals surface area contributed by atoms with Gasteiger partial charge in [0, 0.05) is 18.7 Å². The monoisotopic (exact) mass is 478 g/mol. The lowest BCUT2D eigenvalue weighted by Crippen LogP contribution is -2.38. The van der Waals surface area contributed by atoms with Crippen molar-refractivity contribution in [1.29, 1.82) is 5.26 Å². The Morgan fingerprint density at radius 3 is 2.42 bits per heavy atom. The Morgan fingerprint density at radius 1 is 1.16 bits per heavy atom. The van der Waals surface area contributed by atoms with Crippen molar-refractivity contribution in [2.24, 2.45) is 0 Å². The zero-order valence-corrected chi connectivity index (χ0v) is 20.0. The summed E-state index contributed by atoms with van der Waals surface area (Å²) >= 11 is 7.75. The van der Waals surface area contributed by atoms with Crippen LogP contribution in [0.15, 0.2) is 36.4 Å². The second-order valence-corrected chi connectivity index (χ2v) is 7.98. The van der Waals surface area contributed by atoms with E-state index in [1.54, 1.807) is 48.4 Å². The number of carbonyl (C=O) groups is 1. The Balaban J connectivity index is 0.00000341. The number of hydrogen-bond donors (Lipinski definition) is 0. The third-order valence-corrected chi connectivity index (χ3v) is 6.48. The van der Waals surface area contributed by atoms with Gasteiger partial charge in [-0.25, -0.2) is 4.98 Å². The zero-order chi connectivity index (χ0) is 21.7. The first-order valence-electron chi connectivity index (χ1n) is 9.69. The molecule has 0 N–H and O–H groups in total. The molecule has 0 radical (unpaired) electrons. The van der Waals surface area contributed by atoms with E-state index in [0.717, 1.165) is 24.3 Å². The van der Waals surface area contributed by atoms with Gasteiger partial charge in [-0.2, -0.15) is 5.26 Å². The second kappa shape index (κ2) is 11.3.